The lowest BCUT2D eigenvalue weighted by Gasteiger charge is -2.37. The van der Waals surface area contributed by atoms with Crippen LogP contribution in [-0.2, 0) is 5.41 Å². The Morgan fingerprint density at radius 1 is 1.11 bits per heavy atom. The SMILES string of the molecule is C=C(C)CNc1ccc(-c2cc(NCC(C)[C@@](C)(CC)c3ccc(C(=O)NC)cc3OC)ncn2)cn1. The number of aromatic nitrogens is 3. The molecule has 8 heteroatoms. The van der Waals surface area contributed by atoms with Gasteiger partial charge in [-0.15, -0.1) is 0 Å². The Labute approximate surface area is 220 Å². The van der Waals surface area contributed by atoms with Crippen LogP contribution in [0.25, 0.3) is 11.3 Å². The van der Waals surface area contributed by atoms with E-state index in [1.807, 2.05) is 43.3 Å². The van der Waals surface area contributed by atoms with E-state index >= 15 is 0 Å². The van der Waals surface area contributed by atoms with Gasteiger partial charge in [0.2, 0.25) is 0 Å². The highest BCUT2D eigenvalue weighted by molar-refractivity contribution is 5.94. The maximum atomic E-state index is 12.1. The van der Waals surface area contributed by atoms with Crippen molar-refractivity contribution >= 4 is 17.5 Å². The minimum Gasteiger partial charge on any atom is -0.496 e. The fraction of sp³-hybridized carbons (Fsp3) is 0.379. The van der Waals surface area contributed by atoms with Crippen molar-refractivity contribution < 1.29 is 9.53 Å². The van der Waals surface area contributed by atoms with Crippen molar-refractivity contribution in [1.29, 1.82) is 0 Å². The Morgan fingerprint density at radius 3 is 2.51 bits per heavy atom. The Kier molecular flexibility index (Phi) is 9.22. The first-order chi connectivity index (χ1) is 17.7. The second kappa shape index (κ2) is 12.3. The number of hydrogen-bond acceptors (Lipinski definition) is 7. The molecule has 2 aromatic heterocycles. The smallest absolute Gasteiger partial charge is 0.251 e. The first kappa shape index (κ1) is 27.6. The summed E-state index contributed by atoms with van der Waals surface area (Å²) >= 11 is 0. The number of carbonyl (C=O) groups excluding carboxylic acids is 1. The lowest BCUT2D eigenvalue weighted by atomic mass is 9.70. The molecule has 37 heavy (non-hydrogen) atoms. The topological polar surface area (TPSA) is 101 Å². The molecule has 0 radical (unpaired) electrons. The van der Waals surface area contributed by atoms with E-state index < -0.39 is 0 Å². The lowest BCUT2D eigenvalue weighted by molar-refractivity contribution is 0.0962. The molecule has 1 aromatic carbocycles. The van der Waals surface area contributed by atoms with Gasteiger partial charge in [0.15, 0.2) is 0 Å². The Balaban J connectivity index is 1.74. The predicted molar refractivity (Wildman–Crippen MR) is 150 cm³/mol. The molecule has 0 saturated carbocycles. The lowest BCUT2D eigenvalue weighted by Crippen LogP contribution is -2.35. The average molecular weight is 503 g/mol. The summed E-state index contributed by atoms with van der Waals surface area (Å²) in [5.74, 6) is 2.36. The summed E-state index contributed by atoms with van der Waals surface area (Å²) in [6.45, 7) is 13.9. The molecule has 2 heterocycles. The first-order valence-corrected chi connectivity index (χ1v) is 12.5. The van der Waals surface area contributed by atoms with Gasteiger partial charge in [-0.1, -0.05) is 39.0 Å². The molecule has 0 fully saturated rings. The van der Waals surface area contributed by atoms with Crippen LogP contribution in [0.15, 0.2) is 61.1 Å². The fourth-order valence-electron chi connectivity index (χ4n) is 4.24. The molecule has 0 aliphatic rings. The summed E-state index contributed by atoms with van der Waals surface area (Å²) in [5.41, 5.74) is 4.23. The molecular formula is C29H38N6O2. The molecular weight excluding hydrogens is 464 g/mol. The molecule has 0 saturated heterocycles. The minimum atomic E-state index is -0.189. The van der Waals surface area contributed by atoms with Crippen molar-refractivity contribution in [3.05, 3.63) is 72.2 Å². The van der Waals surface area contributed by atoms with E-state index in [0.29, 0.717) is 18.7 Å². The van der Waals surface area contributed by atoms with Gasteiger partial charge in [0.05, 0.1) is 12.8 Å². The van der Waals surface area contributed by atoms with Gasteiger partial charge in [0.1, 0.15) is 23.7 Å². The van der Waals surface area contributed by atoms with Crippen molar-refractivity contribution in [2.24, 2.45) is 5.92 Å². The average Bonchev–Trinajstić information content (AvgIpc) is 2.93. The molecule has 0 bridgehead atoms. The van der Waals surface area contributed by atoms with Crippen molar-refractivity contribution in [3.8, 4) is 17.0 Å². The number of methoxy groups -OCH3 is 1. The molecule has 1 unspecified atom stereocenters. The van der Waals surface area contributed by atoms with Crippen LogP contribution in [0.5, 0.6) is 5.75 Å². The van der Waals surface area contributed by atoms with Gasteiger partial charge in [-0.2, -0.15) is 0 Å². The summed E-state index contributed by atoms with van der Waals surface area (Å²) in [5, 5.41) is 9.39. The second-order valence-corrected chi connectivity index (χ2v) is 9.58. The minimum absolute atomic E-state index is 0.134. The third-order valence-electron chi connectivity index (χ3n) is 7.02. The number of anilines is 2. The van der Waals surface area contributed by atoms with E-state index in [2.05, 4.69) is 58.3 Å². The van der Waals surface area contributed by atoms with Gasteiger partial charge in [-0.05, 0) is 43.5 Å². The van der Waals surface area contributed by atoms with Crippen molar-refractivity contribution in [1.82, 2.24) is 20.3 Å². The Bertz CT molecular complexity index is 1230. The van der Waals surface area contributed by atoms with E-state index in [1.54, 1.807) is 26.7 Å². The van der Waals surface area contributed by atoms with Crippen LogP contribution in [-0.4, -0.2) is 48.1 Å². The molecule has 0 aliphatic heterocycles. The van der Waals surface area contributed by atoms with E-state index in [-0.39, 0.29) is 17.2 Å². The number of hydrogen-bond donors (Lipinski definition) is 3. The van der Waals surface area contributed by atoms with Crippen molar-refractivity contribution in [2.45, 2.75) is 39.5 Å². The van der Waals surface area contributed by atoms with Crippen LogP contribution < -0.4 is 20.7 Å². The van der Waals surface area contributed by atoms with Gasteiger partial charge in [-0.3, -0.25) is 4.79 Å². The number of benzene rings is 1. The molecule has 3 N–H and O–H groups in total. The van der Waals surface area contributed by atoms with Crippen LogP contribution >= 0.6 is 0 Å². The molecule has 1 amide bonds. The van der Waals surface area contributed by atoms with Crippen LogP contribution in [0, 0.1) is 5.92 Å². The zero-order valence-corrected chi connectivity index (χ0v) is 22.7. The van der Waals surface area contributed by atoms with Crippen molar-refractivity contribution in [2.75, 3.05) is 37.9 Å². The quantitative estimate of drug-likeness (QED) is 0.289. The van der Waals surface area contributed by atoms with E-state index in [0.717, 1.165) is 46.2 Å². The van der Waals surface area contributed by atoms with Gasteiger partial charge in [0.25, 0.3) is 5.91 Å². The summed E-state index contributed by atoms with van der Waals surface area (Å²) in [6.07, 6.45) is 4.27. The molecule has 196 valence electrons. The third-order valence-corrected chi connectivity index (χ3v) is 7.02. The maximum absolute atomic E-state index is 12.1. The van der Waals surface area contributed by atoms with Crippen molar-refractivity contribution in [3.63, 3.8) is 0 Å². The first-order valence-electron chi connectivity index (χ1n) is 12.5. The van der Waals surface area contributed by atoms with Crippen LogP contribution in [0.2, 0.25) is 0 Å². The van der Waals surface area contributed by atoms with Gasteiger partial charge < -0.3 is 20.7 Å². The molecule has 3 rings (SSSR count). The Hall–Kier alpha value is -3.94. The maximum Gasteiger partial charge on any atom is 0.251 e. The second-order valence-electron chi connectivity index (χ2n) is 9.58. The molecule has 2 atom stereocenters. The van der Waals surface area contributed by atoms with Gasteiger partial charge >= 0.3 is 0 Å². The molecule has 8 nitrogen and oxygen atoms in total. The summed E-state index contributed by atoms with van der Waals surface area (Å²) in [4.78, 5) is 25.4. The summed E-state index contributed by atoms with van der Waals surface area (Å²) < 4.78 is 5.71. The van der Waals surface area contributed by atoms with Gasteiger partial charge in [-0.25, -0.2) is 15.0 Å². The number of nitrogens with one attached hydrogen (secondary N) is 3. The van der Waals surface area contributed by atoms with Crippen LogP contribution in [0.1, 0.15) is 50.0 Å². The highest BCUT2D eigenvalue weighted by atomic mass is 16.5. The normalized spacial score (nSPS) is 13.2. The molecule has 3 aromatic rings. The van der Waals surface area contributed by atoms with E-state index in [1.165, 1.54) is 0 Å². The molecule has 0 spiro atoms. The number of nitrogens with zero attached hydrogens (tertiary/aromatic N) is 3. The number of ether oxygens (including phenoxy) is 1. The van der Waals surface area contributed by atoms with E-state index in [4.69, 9.17) is 4.74 Å². The standard InChI is InChI=1S/C29H38N6O2/c1-8-29(5,23-11-9-21(28(36)30-6)13-25(23)37-7)20(4)16-32-27-14-24(34-18-35-27)22-10-12-26(33-17-22)31-15-19(2)3/h9-14,17-18,20H,2,8,15-16H2,1,3-7H3,(H,30,36)(H,31,33)(H,32,34,35)/t20?,29-/m1/s1. The number of rotatable bonds is 12. The fourth-order valence-corrected chi connectivity index (χ4v) is 4.24. The zero-order chi connectivity index (χ0) is 27.0. The van der Waals surface area contributed by atoms with Crippen LogP contribution in [0.4, 0.5) is 11.6 Å². The number of carbonyl (C=O) groups is 1. The highest BCUT2D eigenvalue weighted by Crippen LogP contribution is 2.41. The number of pyridine rings is 1. The summed E-state index contributed by atoms with van der Waals surface area (Å²) in [7, 11) is 3.27. The number of amides is 1. The third kappa shape index (κ3) is 6.64. The summed E-state index contributed by atoms with van der Waals surface area (Å²) in [6, 6.07) is 11.5. The van der Waals surface area contributed by atoms with Crippen LogP contribution in [0.3, 0.4) is 0 Å². The molecule has 0 aliphatic carbocycles. The highest BCUT2D eigenvalue weighted by Gasteiger charge is 2.34. The van der Waals surface area contributed by atoms with Gasteiger partial charge in [0, 0.05) is 54.5 Å². The largest absolute Gasteiger partial charge is 0.496 e. The Morgan fingerprint density at radius 2 is 1.89 bits per heavy atom. The zero-order valence-electron chi connectivity index (χ0n) is 22.7. The predicted octanol–water partition coefficient (Wildman–Crippen LogP) is 5.31. The monoisotopic (exact) mass is 502 g/mol. The van der Waals surface area contributed by atoms with E-state index in [9.17, 15) is 4.79 Å².